The Balaban J connectivity index is 1.92. The second kappa shape index (κ2) is 6.36. The van der Waals surface area contributed by atoms with Crippen molar-refractivity contribution < 1.29 is 17.9 Å². The van der Waals surface area contributed by atoms with Crippen LogP contribution in [-0.4, -0.2) is 18.1 Å². The summed E-state index contributed by atoms with van der Waals surface area (Å²) in [7, 11) is 0. The topological polar surface area (TPSA) is 34.1 Å². The van der Waals surface area contributed by atoms with Gasteiger partial charge in [0.25, 0.3) is 11.8 Å². The quantitative estimate of drug-likeness (QED) is 0.881. The first-order valence-corrected chi connectivity index (χ1v) is 7.09. The van der Waals surface area contributed by atoms with Crippen LogP contribution in [0.4, 0.5) is 13.2 Å². The Labute approximate surface area is 126 Å². The highest BCUT2D eigenvalue weighted by Crippen LogP contribution is 2.32. The van der Waals surface area contributed by atoms with E-state index in [0.29, 0.717) is 12.6 Å². The lowest BCUT2D eigenvalue weighted by atomic mass is 9.95. The van der Waals surface area contributed by atoms with E-state index in [2.05, 4.69) is 10.3 Å². The van der Waals surface area contributed by atoms with Gasteiger partial charge < -0.3 is 10.1 Å². The molecule has 3 nitrogen and oxygen atoms in total. The number of nitrogens with one attached hydrogen (secondary N) is 1. The molecule has 1 saturated heterocycles. The summed E-state index contributed by atoms with van der Waals surface area (Å²) in [6.45, 7) is 1.55. The maximum atomic E-state index is 13.8. The van der Waals surface area contributed by atoms with Gasteiger partial charge in [-0.2, -0.15) is 9.37 Å². The van der Waals surface area contributed by atoms with Crippen molar-refractivity contribution in [3.63, 3.8) is 0 Å². The molecule has 1 aliphatic rings. The van der Waals surface area contributed by atoms with E-state index in [4.69, 9.17) is 4.74 Å². The van der Waals surface area contributed by atoms with E-state index in [-0.39, 0.29) is 5.92 Å². The number of ether oxygens (including phenoxy) is 1. The fraction of sp³-hybridized carbons (Fsp3) is 0.312. The normalized spacial score (nSPS) is 19.1. The molecule has 1 N–H and O–H groups in total. The van der Waals surface area contributed by atoms with Crippen LogP contribution >= 0.6 is 0 Å². The molecule has 2 aromatic rings. The Morgan fingerprint density at radius 3 is 2.59 bits per heavy atom. The van der Waals surface area contributed by atoms with Crippen molar-refractivity contribution in [2.75, 3.05) is 13.1 Å². The van der Waals surface area contributed by atoms with Gasteiger partial charge in [0.05, 0.1) is 0 Å². The van der Waals surface area contributed by atoms with Crippen LogP contribution in [0.25, 0.3) is 0 Å². The lowest BCUT2D eigenvalue weighted by Gasteiger charge is -2.24. The third kappa shape index (κ3) is 3.06. The molecule has 0 aliphatic carbocycles. The lowest BCUT2D eigenvalue weighted by molar-refractivity contribution is 0.129. The first kappa shape index (κ1) is 14.8. The van der Waals surface area contributed by atoms with E-state index in [1.54, 1.807) is 0 Å². The molecule has 1 aromatic carbocycles. The number of nitrogens with zero attached hydrogens (tertiary/aromatic N) is 1. The molecule has 1 aliphatic heterocycles. The van der Waals surface area contributed by atoms with E-state index < -0.39 is 29.6 Å². The molecule has 0 radical (unpaired) electrons. The molecule has 6 heteroatoms. The first-order valence-electron chi connectivity index (χ1n) is 7.09. The minimum Gasteiger partial charge on any atom is -0.467 e. The van der Waals surface area contributed by atoms with Gasteiger partial charge in [0.15, 0.2) is 11.6 Å². The fourth-order valence-electron chi connectivity index (χ4n) is 2.65. The highest BCUT2D eigenvalue weighted by molar-refractivity contribution is 5.22. The van der Waals surface area contributed by atoms with Crippen molar-refractivity contribution in [2.24, 2.45) is 5.92 Å². The monoisotopic (exact) mass is 308 g/mol. The summed E-state index contributed by atoms with van der Waals surface area (Å²) in [4.78, 5) is 3.25. The van der Waals surface area contributed by atoms with Gasteiger partial charge >= 0.3 is 0 Å². The number of pyridine rings is 1. The molecule has 1 aromatic heterocycles. The van der Waals surface area contributed by atoms with Crippen LogP contribution in [0.1, 0.15) is 18.1 Å². The number of halogens is 3. The maximum Gasteiger partial charge on any atom is 0.253 e. The van der Waals surface area contributed by atoms with Gasteiger partial charge in [-0.1, -0.05) is 30.3 Å². The van der Waals surface area contributed by atoms with Crippen molar-refractivity contribution in [3.05, 3.63) is 59.5 Å². The summed E-state index contributed by atoms with van der Waals surface area (Å²) < 4.78 is 45.6. The van der Waals surface area contributed by atoms with Crippen LogP contribution in [0.2, 0.25) is 0 Å². The van der Waals surface area contributed by atoms with Gasteiger partial charge in [0.1, 0.15) is 6.10 Å². The molecular weight excluding hydrogens is 293 g/mol. The molecular formula is C16H15F3N2O. The molecule has 0 amide bonds. The number of rotatable bonds is 4. The summed E-state index contributed by atoms with van der Waals surface area (Å²) >= 11 is 0. The standard InChI is InChI=1S/C16H15F3N2O/c17-12-8-13(18)16(21-15(12)19)22-14(11-6-7-20-9-11)10-4-2-1-3-5-10/h1-5,8,11,14,20H,6-7,9H2/t11-,14?/m0/s1. The average Bonchev–Trinajstić information content (AvgIpc) is 3.04. The lowest BCUT2D eigenvalue weighted by Crippen LogP contribution is -2.22. The second-order valence-electron chi connectivity index (χ2n) is 5.25. The number of benzene rings is 1. The van der Waals surface area contributed by atoms with Crippen molar-refractivity contribution in [1.82, 2.24) is 10.3 Å². The summed E-state index contributed by atoms with van der Waals surface area (Å²) in [6.07, 6.45) is 0.383. The van der Waals surface area contributed by atoms with Crippen LogP contribution in [-0.2, 0) is 0 Å². The van der Waals surface area contributed by atoms with Crippen LogP contribution in [0.5, 0.6) is 5.88 Å². The zero-order valence-corrected chi connectivity index (χ0v) is 11.7. The maximum absolute atomic E-state index is 13.8. The Morgan fingerprint density at radius 2 is 1.91 bits per heavy atom. The molecule has 3 rings (SSSR count). The average molecular weight is 308 g/mol. The predicted molar refractivity (Wildman–Crippen MR) is 74.9 cm³/mol. The Kier molecular flexibility index (Phi) is 4.29. The summed E-state index contributed by atoms with van der Waals surface area (Å²) in [5.41, 5.74) is 0.849. The number of aromatic nitrogens is 1. The van der Waals surface area contributed by atoms with E-state index in [9.17, 15) is 13.2 Å². The zero-order chi connectivity index (χ0) is 15.5. The molecule has 2 heterocycles. The van der Waals surface area contributed by atoms with E-state index >= 15 is 0 Å². The molecule has 22 heavy (non-hydrogen) atoms. The Hall–Kier alpha value is -2.08. The van der Waals surface area contributed by atoms with Crippen molar-refractivity contribution in [3.8, 4) is 5.88 Å². The van der Waals surface area contributed by atoms with Crippen LogP contribution < -0.4 is 10.1 Å². The molecule has 1 fully saturated rings. The molecule has 1 unspecified atom stereocenters. The minimum absolute atomic E-state index is 0.108. The highest BCUT2D eigenvalue weighted by atomic mass is 19.2. The Bertz CT molecular complexity index is 645. The van der Waals surface area contributed by atoms with Crippen molar-refractivity contribution in [1.29, 1.82) is 0 Å². The van der Waals surface area contributed by atoms with Gasteiger partial charge in [-0.15, -0.1) is 0 Å². The van der Waals surface area contributed by atoms with Crippen LogP contribution in [0.15, 0.2) is 36.4 Å². The van der Waals surface area contributed by atoms with Gasteiger partial charge in [-0.25, -0.2) is 8.78 Å². The minimum atomic E-state index is -1.37. The van der Waals surface area contributed by atoms with E-state index in [1.165, 1.54) is 0 Å². The summed E-state index contributed by atoms with van der Waals surface area (Å²) in [5, 5.41) is 3.22. The third-order valence-corrected chi connectivity index (χ3v) is 3.75. The van der Waals surface area contributed by atoms with Crippen molar-refractivity contribution >= 4 is 0 Å². The van der Waals surface area contributed by atoms with Crippen LogP contribution in [0.3, 0.4) is 0 Å². The second-order valence-corrected chi connectivity index (χ2v) is 5.25. The van der Waals surface area contributed by atoms with E-state index in [1.807, 2.05) is 30.3 Å². The van der Waals surface area contributed by atoms with Gasteiger partial charge in [-0.3, -0.25) is 0 Å². The SMILES string of the molecule is Fc1cc(F)c(OC(c2ccccc2)[C@H]2CCNC2)nc1F. The van der Waals surface area contributed by atoms with Gasteiger partial charge in [0.2, 0.25) is 0 Å². The number of hydrogen-bond donors (Lipinski definition) is 1. The first-order chi connectivity index (χ1) is 10.6. The molecule has 116 valence electrons. The van der Waals surface area contributed by atoms with E-state index in [0.717, 1.165) is 18.5 Å². The molecule has 0 saturated carbocycles. The smallest absolute Gasteiger partial charge is 0.253 e. The third-order valence-electron chi connectivity index (χ3n) is 3.75. The summed E-state index contributed by atoms with van der Waals surface area (Å²) in [5.74, 6) is -4.11. The summed E-state index contributed by atoms with van der Waals surface area (Å²) in [6, 6.07) is 9.74. The molecule has 0 bridgehead atoms. The number of hydrogen-bond acceptors (Lipinski definition) is 3. The Morgan fingerprint density at radius 1 is 1.14 bits per heavy atom. The van der Waals surface area contributed by atoms with Crippen LogP contribution in [0, 0.1) is 23.5 Å². The highest BCUT2D eigenvalue weighted by Gasteiger charge is 2.29. The van der Waals surface area contributed by atoms with Crippen molar-refractivity contribution in [2.45, 2.75) is 12.5 Å². The predicted octanol–water partition coefficient (Wildman–Crippen LogP) is 3.23. The zero-order valence-electron chi connectivity index (χ0n) is 11.7. The fourth-order valence-corrected chi connectivity index (χ4v) is 2.65. The molecule has 2 atom stereocenters. The molecule has 0 spiro atoms. The largest absolute Gasteiger partial charge is 0.467 e. The van der Waals surface area contributed by atoms with Gasteiger partial charge in [-0.05, 0) is 18.5 Å². The van der Waals surface area contributed by atoms with Gasteiger partial charge in [0, 0.05) is 18.5 Å².